The number of hydrogen-bond acceptors (Lipinski definition) is 8. The van der Waals surface area contributed by atoms with Crippen LogP contribution in [0.4, 0.5) is 5.82 Å². The van der Waals surface area contributed by atoms with Gasteiger partial charge in [-0.05, 0) is 18.6 Å². The summed E-state index contributed by atoms with van der Waals surface area (Å²) in [6.07, 6.45) is 0.832. The zero-order valence-electron chi connectivity index (χ0n) is 16.0. The van der Waals surface area contributed by atoms with Crippen molar-refractivity contribution in [3.8, 4) is 11.5 Å². The van der Waals surface area contributed by atoms with E-state index >= 15 is 0 Å². The summed E-state index contributed by atoms with van der Waals surface area (Å²) in [7, 11) is -0.755. The molecule has 0 saturated carbocycles. The first kappa shape index (κ1) is 19.3. The van der Waals surface area contributed by atoms with Crippen molar-refractivity contribution >= 4 is 27.3 Å². The molecule has 3 heterocycles. The largest absolute Gasteiger partial charge is 0.491 e. The molecule has 4 N–H and O–H groups in total. The summed E-state index contributed by atoms with van der Waals surface area (Å²) < 4.78 is 32.7. The molecule has 0 bridgehead atoms. The molecule has 154 valence electrons. The van der Waals surface area contributed by atoms with Crippen LogP contribution < -0.4 is 20.4 Å². The second kappa shape index (κ2) is 7.78. The van der Waals surface area contributed by atoms with Gasteiger partial charge in [0, 0.05) is 38.1 Å². The van der Waals surface area contributed by atoms with E-state index in [2.05, 4.69) is 15.2 Å². The van der Waals surface area contributed by atoms with Crippen LogP contribution in [0.1, 0.15) is 6.42 Å². The van der Waals surface area contributed by atoms with Crippen molar-refractivity contribution in [3.05, 3.63) is 17.8 Å². The zero-order chi connectivity index (χ0) is 19.7. The summed E-state index contributed by atoms with van der Waals surface area (Å²) in [4.78, 5) is 6.66. The fourth-order valence-electron chi connectivity index (χ4n) is 3.74. The molecule has 1 aromatic heterocycles. The number of benzene rings is 1. The van der Waals surface area contributed by atoms with Crippen LogP contribution in [0.25, 0.3) is 10.9 Å². The van der Waals surface area contributed by atoms with E-state index in [0.717, 1.165) is 37.3 Å². The van der Waals surface area contributed by atoms with Crippen molar-refractivity contribution in [2.24, 2.45) is 0 Å². The summed E-state index contributed by atoms with van der Waals surface area (Å²) >= 11 is 0. The van der Waals surface area contributed by atoms with Gasteiger partial charge in [0.05, 0.1) is 25.2 Å². The lowest BCUT2D eigenvalue weighted by Gasteiger charge is -2.40. The standard InChI is InChI=1S/C18H27N5O4S/c1-26-16-14(27-10-2-6-22-8-11-28(24,25)12-9-22)4-3-13-15(16)21-18(19)23-7-5-20-17(13)23/h3-4,19-20,24-25H,2,5-12H2,1H3. The molecule has 0 aliphatic carbocycles. The summed E-state index contributed by atoms with van der Waals surface area (Å²) in [6, 6.07) is 3.85. The highest BCUT2D eigenvalue weighted by Crippen LogP contribution is 2.40. The van der Waals surface area contributed by atoms with E-state index in [1.807, 2.05) is 16.7 Å². The van der Waals surface area contributed by atoms with Crippen molar-refractivity contribution in [1.29, 1.82) is 5.41 Å². The molecule has 1 fully saturated rings. The Hall–Kier alpha value is -2.01. The third-order valence-electron chi connectivity index (χ3n) is 5.27. The number of anilines is 1. The molecule has 4 rings (SSSR count). The van der Waals surface area contributed by atoms with Gasteiger partial charge < -0.3 is 19.7 Å². The highest BCUT2D eigenvalue weighted by molar-refractivity contribution is 8.24. The molecule has 0 unspecified atom stereocenters. The number of hydrogen-bond donors (Lipinski definition) is 4. The summed E-state index contributed by atoms with van der Waals surface area (Å²) in [5, 5.41) is 12.4. The Morgan fingerprint density at radius 3 is 2.79 bits per heavy atom. The molecule has 9 nitrogen and oxygen atoms in total. The van der Waals surface area contributed by atoms with Crippen molar-refractivity contribution in [2.75, 3.05) is 56.7 Å². The fourth-order valence-corrected chi connectivity index (χ4v) is 5.04. The number of fused-ring (bicyclic) bond motifs is 3. The minimum Gasteiger partial charge on any atom is -0.491 e. The Bertz CT molecular complexity index is 922. The van der Waals surface area contributed by atoms with Crippen molar-refractivity contribution in [3.63, 3.8) is 0 Å². The average molecular weight is 410 g/mol. The molecule has 0 atom stereocenters. The van der Waals surface area contributed by atoms with E-state index in [9.17, 15) is 9.11 Å². The normalized spacial score (nSPS) is 19.8. The Balaban J connectivity index is 1.43. The molecule has 28 heavy (non-hydrogen) atoms. The second-order valence-electron chi connectivity index (χ2n) is 7.11. The Kier molecular flexibility index (Phi) is 5.37. The van der Waals surface area contributed by atoms with Crippen LogP contribution in [-0.4, -0.2) is 75.0 Å². The minimum absolute atomic E-state index is 0.207. The maximum absolute atomic E-state index is 9.68. The molecule has 10 heteroatoms. The molecular formula is C18H27N5O4S. The molecule has 0 spiro atoms. The number of rotatable bonds is 6. The maximum Gasteiger partial charge on any atom is 0.224 e. The highest BCUT2D eigenvalue weighted by atomic mass is 32.3. The van der Waals surface area contributed by atoms with Gasteiger partial charge in [-0.2, -0.15) is 10.6 Å². The van der Waals surface area contributed by atoms with E-state index in [4.69, 9.17) is 14.9 Å². The van der Waals surface area contributed by atoms with Crippen LogP contribution in [0.15, 0.2) is 12.1 Å². The van der Waals surface area contributed by atoms with E-state index in [1.54, 1.807) is 7.11 Å². The number of aromatic nitrogens is 2. The Morgan fingerprint density at radius 1 is 1.25 bits per heavy atom. The lowest BCUT2D eigenvalue weighted by Crippen LogP contribution is -2.39. The first-order chi connectivity index (χ1) is 13.5. The summed E-state index contributed by atoms with van der Waals surface area (Å²) in [5.74, 6) is 3.00. The first-order valence-electron chi connectivity index (χ1n) is 9.47. The van der Waals surface area contributed by atoms with Crippen LogP contribution in [0.2, 0.25) is 0 Å². The molecule has 2 aliphatic rings. The van der Waals surface area contributed by atoms with Gasteiger partial charge >= 0.3 is 0 Å². The molecule has 1 saturated heterocycles. The number of ether oxygens (including phenoxy) is 2. The number of nitrogens with one attached hydrogen (secondary N) is 2. The van der Waals surface area contributed by atoms with Crippen LogP contribution >= 0.6 is 10.6 Å². The molecule has 2 aliphatic heterocycles. The number of methoxy groups -OCH3 is 1. The van der Waals surface area contributed by atoms with Crippen LogP contribution in [-0.2, 0) is 6.54 Å². The Morgan fingerprint density at radius 2 is 2.04 bits per heavy atom. The fraction of sp³-hybridized carbons (Fsp3) is 0.556. The molecule has 1 aromatic carbocycles. The molecule has 0 radical (unpaired) electrons. The third kappa shape index (κ3) is 3.77. The molecular weight excluding hydrogens is 382 g/mol. The van der Waals surface area contributed by atoms with Crippen LogP contribution in [0.5, 0.6) is 11.5 Å². The SMILES string of the molecule is COc1c(OCCCN2CCS(O)(O)CC2)ccc2c3n(c(=N)nc12)CCN3. The van der Waals surface area contributed by atoms with E-state index in [1.165, 1.54) is 0 Å². The summed E-state index contributed by atoms with van der Waals surface area (Å²) in [5.41, 5.74) is 0.839. The maximum atomic E-state index is 9.68. The van der Waals surface area contributed by atoms with Crippen molar-refractivity contribution in [1.82, 2.24) is 14.5 Å². The van der Waals surface area contributed by atoms with E-state index in [-0.39, 0.29) is 5.62 Å². The summed E-state index contributed by atoms with van der Waals surface area (Å²) in [6.45, 7) is 4.35. The first-order valence-corrected chi connectivity index (χ1v) is 11.4. The van der Waals surface area contributed by atoms with Gasteiger partial charge in [-0.1, -0.05) is 0 Å². The van der Waals surface area contributed by atoms with Gasteiger partial charge in [0.25, 0.3) is 0 Å². The van der Waals surface area contributed by atoms with Gasteiger partial charge in [-0.3, -0.25) is 19.1 Å². The smallest absolute Gasteiger partial charge is 0.224 e. The van der Waals surface area contributed by atoms with Crippen molar-refractivity contribution < 1.29 is 18.6 Å². The lowest BCUT2D eigenvalue weighted by molar-refractivity contribution is 0.237. The van der Waals surface area contributed by atoms with Gasteiger partial charge in [-0.25, -0.2) is 4.98 Å². The van der Waals surface area contributed by atoms with Gasteiger partial charge in [0.2, 0.25) is 5.62 Å². The third-order valence-corrected chi connectivity index (χ3v) is 6.94. The zero-order valence-corrected chi connectivity index (χ0v) is 16.8. The van der Waals surface area contributed by atoms with Crippen molar-refractivity contribution in [2.45, 2.75) is 13.0 Å². The van der Waals surface area contributed by atoms with E-state index < -0.39 is 10.6 Å². The predicted molar refractivity (Wildman–Crippen MR) is 110 cm³/mol. The topological polar surface area (TPSA) is 116 Å². The van der Waals surface area contributed by atoms with Gasteiger partial charge in [0.15, 0.2) is 11.5 Å². The predicted octanol–water partition coefficient (Wildman–Crippen LogP) is 1.78. The molecule has 0 amide bonds. The van der Waals surface area contributed by atoms with Gasteiger partial charge in [-0.15, -0.1) is 0 Å². The second-order valence-corrected chi connectivity index (χ2v) is 9.53. The lowest BCUT2D eigenvalue weighted by atomic mass is 10.2. The monoisotopic (exact) mass is 409 g/mol. The average Bonchev–Trinajstić information content (AvgIpc) is 3.17. The number of nitrogens with zero attached hydrogens (tertiary/aromatic N) is 3. The van der Waals surface area contributed by atoms with Crippen LogP contribution in [0, 0.1) is 5.41 Å². The van der Waals surface area contributed by atoms with Crippen LogP contribution in [0.3, 0.4) is 0 Å². The molecule has 2 aromatic rings. The Labute approximate surface area is 165 Å². The highest BCUT2D eigenvalue weighted by Gasteiger charge is 2.22. The van der Waals surface area contributed by atoms with Gasteiger partial charge in [0.1, 0.15) is 11.3 Å². The minimum atomic E-state index is -2.35. The quantitative estimate of drug-likeness (QED) is 0.538. The van der Waals surface area contributed by atoms with E-state index in [0.29, 0.717) is 48.2 Å².